The van der Waals surface area contributed by atoms with Crippen molar-refractivity contribution in [1.29, 1.82) is 0 Å². The van der Waals surface area contributed by atoms with Crippen molar-refractivity contribution in [2.75, 3.05) is 18.4 Å². The molecule has 2 heterocycles. The molecule has 5 nitrogen and oxygen atoms in total. The van der Waals surface area contributed by atoms with E-state index in [1.807, 2.05) is 19.1 Å². The Kier molecular flexibility index (Phi) is 5.75. The normalized spacial score (nSPS) is 25.9. The van der Waals surface area contributed by atoms with E-state index in [9.17, 15) is 0 Å². The molecule has 1 aliphatic heterocycles. The van der Waals surface area contributed by atoms with Crippen LogP contribution in [-0.4, -0.2) is 26.2 Å². The third kappa shape index (κ3) is 3.89. The number of rotatable bonds is 5. The summed E-state index contributed by atoms with van der Waals surface area (Å²) in [4.78, 5) is 9.38. The number of nitrogens with two attached hydrogens (primary N) is 1. The molecule has 0 bridgehead atoms. The van der Waals surface area contributed by atoms with E-state index in [1.54, 1.807) is 12.3 Å². The SMILES string of the molecule is CC(Nc1nc([C@]23CCN([I-]N)CC2C3)ncc1Cl)c1ccc(Cl)cc1Cl. The van der Waals surface area contributed by atoms with E-state index in [1.165, 1.54) is 0 Å². The van der Waals surface area contributed by atoms with Gasteiger partial charge < -0.3 is 0 Å². The van der Waals surface area contributed by atoms with Crippen LogP contribution in [0.25, 0.3) is 0 Å². The van der Waals surface area contributed by atoms with Gasteiger partial charge in [-0.25, -0.2) is 0 Å². The topological polar surface area (TPSA) is 67.1 Å². The van der Waals surface area contributed by atoms with Crippen molar-refractivity contribution in [3.63, 3.8) is 0 Å². The molecule has 9 heteroatoms. The van der Waals surface area contributed by atoms with E-state index in [4.69, 9.17) is 43.7 Å². The summed E-state index contributed by atoms with van der Waals surface area (Å²) in [6.07, 6.45) is 3.90. The summed E-state index contributed by atoms with van der Waals surface area (Å²) in [5.41, 5.74) is 1.04. The van der Waals surface area contributed by atoms with Crippen LogP contribution in [0.15, 0.2) is 24.4 Å². The molecule has 0 amide bonds. The van der Waals surface area contributed by atoms with Gasteiger partial charge in [0.05, 0.1) is 0 Å². The summed E-state index contributed by atoms with van der Waals surface area (Å²) >= 11 is 18.4. The Bertz CT molecular complexity index is 867. The van der Waals surface area contributed by atoms with Crippen LogP contribution in [0.3, 0.4) is 0 Å². The van der Waals surface area contributed by atoms with Gasteiger partial charge in [0.15, 0.2) is 0 Å². The molecule has 2 unspecified atom stereocenters. The number of nitrogens with zero attached hydrogens (tertiary/aromatic N) is 3. The number of hydrogen-bond donors (Lipinski definition) is 2. The Morgan fingerprint density at radius 1 is 1.33 bits per heavy atom. The molecule has 1 aromatic heterocycles. The van der Waals surface area contributed by atoms with Gasteiger partial charge in [-0.05, 0) is 0 Å². The molecule has 2 aromatic rings. The summed E-state index contributed by atoms with van der Waals surface area (Å²) in [6.45, 7) is 4.12. The molecule has 0 spiro atoms. The number of halogens is 4. The quantitative estimate of drug-likeness (QED) is 0.445. The third-order valence-corrected chi connectivity index (χ3v) is 8.06. The maximum atomic E-state index is 6.37. The Morgan fingerprint density at radius 2 is 2.15 bits per heavy atom. The predicted octanol–water partition coefficient (Wildman–Crippen LogP) is 1.45. The van der Waals surface area contributed by atoms with Crippen LogP contribution in [-0.2, 0) is 5.41 Å². The van der Waals surface area contributed by atoms with Gasteiger partial charge in [0.1, 0.15) is 0 Å². The molecule has 2 fully saturated rings. The number of hydrogen-bond acceptors (Lipinski definition) is 5. The molecule has 1 saturated heterocycles. The molecule has 4 rings (SSSR count). The van der Waals surface area contributed by atoms with Gasteiger partial charge >= 0.3 is 169 Å². The number of benzene rings is 1. The monoisotopic (exact) mass is 538 g/mol. The molecule has 3 atom stereocenters. The maximum absolute atomic E-state index is 6.37. The molecule has 27 heavy (non-hydrogen) atoms. The van der Waals surface area contributed by atoms with Crippen LogP contribution in [0.5, 0.6) is 0 Å². The van der Waals surface area contributed by atoms with Gasteiger partial charge in [0, 0.05) is 5.02 Å². The van der Waals surface area contributed by atoms with E-state index in [-0.39, 0.29) is 33.2 Å². The summed E-state index contributed by atoms with van der Waals surface area (Å²) < 4.78 is 8.30. The van der Waals surface area contributed by atoms with Gasteiger partial charge in [-0.1, -0.05) is 11.6 Å². The van der Waals surface area contributed by atoms with Crippen LogP contribution in [0.4, 0.5) is 5.82 Å². The average molecular weight is 540 g/mol. The molecule has 0 radical (unpaired) electrons. The fourth-order valence-electron chi connectivity index (χ4n) is 3.90. The van der Waals surface area contributed by atoms with Crippen LogP contribution in [0, 0.1) is 5.92 Å². The van der Waals surface area contributed by atoms with Gasteiger partial charge in [0.25, 0.3) is 0 Å². The van der Waals surface area contributed by atoms with Crippen molar-refractivity contribution in [1.82, 2.24) is 13.1 Å². The van der Waals surface area contributed by atoms with Crippen molar-refractivity contribution in [3.05, 3.63) is 50.9 Å². The van der Waals surface area contributed by atoms with Crippen molar-refractivity contribution < 1.29 is 21.8 Å². The van der Waals surface area contributed by atoms with Crippen LogP contribution >= 0.6 is 34.8 Å². The van der Waals surface area contributed by atoms with Gasteiger partial charge in [0.2, 0.25) is 0 Å². The molecule has 146 valence electrons. The van der Waals surface area contributed by atoms with Crippen molar-refractivity contribution in [3.8, 4) is 0 Å². The first-order valence-electron chi connectivity index (χ1n) is 8.76. The molecular formula is C18H20Cl3IN5-. The number of piperidine rings is 1. The Morgan fingerprint density at radius 3 is 2.85 bits per heavy atom. The van der Waals surface area contributed by atoms with Gasteiger partial charge in [-0.15, -0.1) is 0 Å². The van der Waals surface area contributed by atoms with Crippen LogP contribution in [0.1, 0.15) is 37.2 Å². The fraction of sp³-hybridized carbons (Fsp3) is 0.444. The second kappa shape index (κ2) is 7.80. The number of nitrogens with one attached hydrogen (secondary N) is 1. The van der Waals surface area contributed by atoms with E-state index >= 15 is 0 Å². The predicted molar refractivity (Wildman–Crippen MR) is 106 cm³/mol. The molecule has 1 aromatic carbocycles. The van der Waals surface area contributed by atoms with Gasteiger partial charge in [-0.3, -0.25) is 0 Å². The van der Waals surface area contributed by atoms with Crippen molar-refractivity contribution >= 4 is 40.6 Å². The zero-order valence-corrected chi connectivity index (χ0v) is 19.1. The molecule has 2 aliphatic rings. The van der Waals surface area contributed by atoms with Crippen molar-refractivity contribution in [2.45, 2.75) is 31.2 Å². The minimum absolute atomic E-state index is 0.0636. The Hall–Kier alpha value is -0.380. The second-order valence-electron chi connectivity index (χ2n) is 7.20. The third-order valence-electron chi connectivity index (χ3n) is 5.56. The average Bonchev–Trinajstić information content (AvgIpc) is 3.38. The zero-order chi connectivity index (χ0) is 19.2. The van der Waals surface area contributed by atoms with E-state index in [0.29, 0.717) is 26.8 Å². The molecule has 3 N–H and O–H groups in total. The summed E-state index contributed by atoms with van der Waals surface area (Å²) in [6, 6.07) is 5.42. The summed E-state index contributed by atoms with van der Waals surface area (Å²) in [5, 5.41) is 5.13. The first kappa shape index (κ1) is 19.9. The van der Waals surface area contributed by atoms with Crippen LogP contribution in [0.2, 0.25) is 15.1 Å². The minimum atomic E-state index is -0.326. The van der Waals surface area contributed by atoms with Crippen molar-refractivity contribution in [2.24, 2.45) is 9.86 Å². The molecule has 1 aliphatic carbocycles. The first-order chi connectivity index (χ1) is 12.9. The summed E-state index contributed by atoms with van der Waals surface area (Å²) in [7, 11) is 0. The van der Waals surface area contributed by atoms with E-state index in [2.05, 4.69) is 13.4 Å². The Labute approximate surface area is 184 Å². The number of fused-ring (bicyclic) bond motifs is 1. The van der Waals surface area contributed by atoms with Gasteiger partial charge in [-0.2, -0.15) is 0 Å². The zero-order valence-electron chi connectivity index (χ0n) is 14.7. The first-order valence-corrected chi connectivity index (χ1v) is 12.1. The number of anilines is 1. The fourth-order valence-corrected chi connectivity index (χ4v) is 5.84. The Balaban J connectivity index is 1.55. The van der Waals surface area contributed by atoms with E-state index in [0.717, 1.165) is 37.3 Å². The number of aromatic nitrogens is 2. The summed E-state index contributed by atoms with van der Waals surface area (Å²) in [5.74, 6) is 2.14. The molecule has 1 saturated carbocycles. The molecular weight excluding hydrogens is 519 g/mol. The second-order valence-corrected chi connectivity index (χ2v) is 10.4. The standard InChI is InChI=1S/C18H20Cl3IN5/c1-10(13-3-2-12(19)6-14(13)20)25-16-15(21)8-24-17(26-16)18-4-5-27(22-23)9-11(18)7-18/h2-3,6,8,10-11H,4-5,7,9,23H2,1H3,(H,24,25,26)/q-1/t10?,11?,18-/m0/s1. The van der Waals surface area contributed by atoms with E-state index < -0.39 is 0 Å². The van der Waals surface area contributed by atoms with Crippen LogP contribution < -0.4 is 31.0 Å².